The molecule has 0 saturated heterocycles. The fourth-order valence-corrected chi connectivity index (χ4v) is 5.14. The Morgan fingerprint density at radius 3 is 2.65 bits per heavy atom. The summed E-state index contributed by atoms with van der Waals surface area (Å²) in [6, 6.07) is 7.34. The molecule has 1 N–H and O–H groups in total. The fourth-order valence-electron chi connectivity index (χ4n) is 2.30. The van der Waals surface area contributed by atoms with Gasteiger partial charge in [0.05, 0.1) is 5.75 Å². The minimum absolute atomic E-state index is 0.0407. The standard InChI is InChI=1S/C17H23N3O4S2/c1-4-13(5-2)11-26(22,23)17-20-19-16(25-17)18-15(21)10-24-14-8-6-7-12(3)9-14/h6-9,13H,4-5,10-11H2,1-3H3,(H,18,19,21). The smallest absolute Gasteiger partial charge is 0.264 e. The van der Waals surface area contributed by atoms with E-state index in [-0.39, 0.29) is 27.7 Å². The number of ether oxygens (including phenoxy) is 1. The molecule has 1 aromatic carbocycles. The van der Waals surface area contributed by atoms with Crippen LogP contribution in [0.15, 0.2) is 28.6 Å². The van der Waals surface area contributed by atoms with E-state index in [0.717, 1.165) is 29.7 Å². The van der Waals surface area contributed by atoms with E-state index in [0.29, 0.717) is 5.75 Å². The number of hydrogen-bond acceptors (Lipinski definition) is 7. The maximum atomic E-state index is 12.4. The summed E-state index contributed by atoms with van der Waals surface area (Å²) in [5, 5.41) is 10.1. The van der Waals surface area contributed by atoms with Crippen LogP contribution in [-0.2, 0) is 14.6 Å². The Morgan fingerprint density at radius 1 is 1.27 bits per heavy atom. The highest BCUT2D eigenvalue weighted by atomic mass is 32.2. The molecular formula is C17H23N3O4S2. The van der Waals surface area contributed by atoms with Crippen molar-refractivity contribution in [2.45, 2.75) is 38.0 Å². The summed E-state index contributed by atoms with van der Waals surface area (Å²) in [5.74, 6) is 0.293. The number of hydrogen-bond donors (Lipinski definition) is 1. The number of rotatable bonds is 9. The molecule has 0 bridgehead atoms. The van der Waals surface area contributed by atoms with Gasteiger partial charge in [-0.2, -0.15) is 0 Å². The molecule has 1 amide bonds. The molecule has 2 rings (SSSR count). The minimum Gasteiger partial charge on any atom is -0.484 e. The molecule has 0 aliphatic rings. The van der Waals surface area contributed by atoms with Crippen LogP contribution in [0.4, 0.5) is 5.13 Å². The summed E-state index contributed by atoms with van der Waals surface area (Å²) in [6.07, 6.45) is 1.57. The SMILES string of the molecule is CCC(CC)CS(=O)(=O)c1nnc(NC(=O)COc2cccc(C)c2)s1. The average Bonchev–Trinajstić information content (AvgIpc) is 3.07. The molecule has 0 unspecified atom stereocenters. The van der Waals surface area contributed by atoms with E-state index in [1.807, 2.05) is 39.0 Å². The molecule has 1 heterocycles. The summed E-state index contributed by atoms with van der Waals surface area (Å²) >= 11 is 0.858. The molecule has 26 heavy (non-hydrogen) atoms. The molecule has 0 aliphatic carbocycles. The Bertz CT molecular complexity index is 845. The third-order valence-corrected chi connectivity index (χ3v) is 7.06. The molecule has 0 spiro atoms. The lowest BCUT2D eigenvalue weighted by molar-refractivity contribution is -0.118. The van der Waals surface area contributed by atoms with Gasteiger partial charge in [-0.05, 0) is 30.5 Å². The fraction of sp³-hybridized carbons (Fsp3) is 0.471. The summed E-state index contributed by atoms with van der Waals surface area (Å²) in [6.45, 7) is 5.66. The van der Waals surface area contributed by atoms with E-state index >= 15 is 0 Å². The lowest BCUT2D eigenvalue weighted by Gasteiger charge is -2.10. The molecule has 0 aliphatic heterocycles. The third kappa shape index (κ3) is 5.77. The summed E-state index contributed by atoms with van der Waals surface area (Å²) in [7, 11) is -3.50. The first kappa shape index (κ1) is 20.3. The van der Waals surface area contributed by atoms with Gasteiger partial charge in [0.1, 0.15) is 5.75 Å². The van der Waals surface area contributed by atoms with Crippen molar-refractivity contribution in [3.8, 4) is 5.75 Å². The van der Waals surface area contributed by atoms with Crippen molar-refractivity contribution in [3.05, 3.63) is 29.8 Å². The monoisotopic (exact) mass is 397 g/mol. The molecular weight excluding hydrogens is 374 g/mol. The highest BCUT2D eigenvalue weighted by Gasteiger charge is 2.24. The largest absolute Gasteiger partial charge is 0.484 e. The van der Waals surface area contributed by atoms with Gasteiger partial charge in [0.15, 0.2) is 6.61 Å². The molecule has 0 fully saturated rings. The van der Waals surface area contributed by atoms with Crippen molar-refractivity contribution in [1.82, 2.24) is 10.2 Å². The second-order valence-corrected chi connectivity index (χ2v) is 9.18. The van der Waals surface area contributed by atoms with E-state index < -0.39 is 15.7 Å². The van der Waals surface area contributed by atoms with Gasteiger partial charge in [-0.25, -0.2) is 8.42 Å². The second kappa shape index (κ2) is 9.09. The van der Waals surface area contributed by atoms with Crippen LogP contribution in [0.3, 0.4) is 0 Å². The topological polar surface area (TPSA) is 98.3 Å². The number of amides is 1. The minimum atomic E-state index is -3.50. The third-order valence-electron chi connectivity index (χ3n) is 3.89. The first-order chi connectivity index (χ1) is 12.3. The highest BCUT2D eigenvalue weighted by molar-refractivity contribution is 7.93. The van der Waals surface area contributed by atoms with E-state index in [9.17, 15) is 13.2 Å². The van der Waals surface area contributed by atoms with Gasteiger partial charge in [-0.15, -0.1) is 10.2 Å². The zero-order chi connectivity index (χ0) is 19.2. The molecule has 142 valence electrons. The van der Waals surface area contributed by atoms with E-state index in [4.69, 9.17) is 4.74 Å². The van der Waals surface area contributed by atoms with Crippen LogP contribution in [0.1, 0.15) is 32.3 Å². The van der Waals surface area contributed by atoms with Gasteiger partial charge in [0.2, 0.25) is 19.3 Å². The van der Waals surface area contributed by atoms with E-state index in [1.54, 1.807) is 6.07 Å². The molecule has 0 saturated carbocycles. The normalized spacial score (nSPS) is 11.5. The summed E-state index contributed by atoms with van der Waals surface area (Å²) < 4.78 is 30.1. The van der Waals surface area contributed by atoms with Crippen molar-refractivity contribution in [1.29, 1.82) is 0 Å². The van der Waals surface area contributed by atoms with Crippen LogP contribution in [0.2, 0.25) is 0 Å². The maximum absolute atomic E-state index is 12.4. The number of aryl methyl sites for hydroxylation is 1. The lowest BCUT2D eigenvalue weighted by atomic mass is 10.1. The number of benzene rings is 1. The zero-order valence-electron chi connectivity index (χ0n) is 15.1. The number of carbonyl (C=O) groups is 1. The molecule has 1 aromatic heterocycles. The predicted molar refractivity (Wildman–Crippen MR) is 101 cm³/mol. The lowest BCUT2D eigenvalue weighted by Crippen LogP contribution is -2.20. The van der Waals surface area contributed by atoms with Gasteiger partial charge in [-0.1, -0.05) is 50.2 Å². The summed E-state index contributed by atoms with van der Waals surface area (Å²) in [4.78, 5) is 12.0. The molecule has 0 atom stereocenters. The van der Waals surface area contributed by atoms with Gasteiger partial charge < -0.3 is 4.74 Å². The number of anilines is 1. The van der Waals surface area contributed by atoms with Gasteiger partial charge in [-0.3, -0.25) is 10.1 Å². The maximum Gasteiger partial charge on any atom is 0.264 e. The van der Waals surface area contributed by atoms with Crippen LogP contribution >= 0.6 is 11.3 Å². The molecule has 9 heteroatoms. The molecule has 2 aromatic rings. The first-order valence-electron chi connectivity index (χ1n) is 8.39. The number of sulfone groups is 1. The first-order valence-corrected chi connectivity index (χ1v) is 10.9. The Balaban J connectivity index is 1.93. The second-order valence-electron chi connectivity index (χ2n) is 5.99. The van der Waals surface area contributed by atoms with Crippen LogP contribution in [-0.4, -0.2) is 36.9 Å². The van der Waals surface area contributed by atoms with Crippen LogP contribution < -0.4 is 10.1 Å². The number of carbonyl (C=O) groups excluding carboxylic acids is 1. The Hall–Kier alpha value is -2.00. The van der Waals surface area contributed by atoms with Gasteiger partial charge in [0, 0.05) is 0 Å². The summed E-state index contributed by atoms with van der Waals surface area (Å²) in [5.41, 5.74) is 1.03. The van der Waals surface area contributed by atoms with E-state index in [1.165, 1.54) is 0 Å². The highest BCUT2D eigenvalue weighted by Crippen LogP contribution is 2.24. The molecule has 0 radical (unpaired) electrons. The average molecular weight is 398 g/mol. The van der Waals surface area contributed by atoms with Crippen molar-refractivity contribution in [3.63, 3.8) is 0 Å². The zero-order valence-corrected chi connectivity index (χ0v) is 16.7. The Morgan fingerprint density at radius 2 is 2.00 bits per heavy atom. The Labute approximate surface area is 157 Å². The molecule has 7 nitrogen and oxygen atoms in total. The van der Waals surface area contributed by atoms with Gasteiger partial charge >= 0.3 is 0 Å². The predicted octanol–water partition coefficient (Wildman–Crippen LogP) is 3.07. The van der Waals surface area contributed by atoms with Crippen molar-refractivity contribution in [2.24, 2.45) is 5.92 Å². The van der Waals surface area contributed by atoms with Crippen LogP contribution in [0, 0.1) is 12.8 Å². The number of aromatic nitrogens is 2. The number of nitrogens with one attached hydrogen (secondary N) is 1. The van der Waals surface area contributed by atoms with E-state index in [2.05, 4.69) is 15.5 Å². The van der Waals surface area contributed by atoms with Crippen molar-refractivity contribution >= 4 is 32.2 Å². The van der Waals surface area contributed by atoms with Crippen LogP contribution in [0.5, 0.6) is 5.75 Å². The van der Waals surface area contributed by atoms with Crippen molar-refractivity contribution in [2.75, 3.05) is 17.7 Å². The van der Waals surface area contributed by atoms with Crippen LogP contribution in [0.25, 0.3) is 0 Å². The Kier molecular flexibility index (Phi) is 7.10. The van der Waals surface area contributed by atoms with Crippen molar-refractivity contribution < 1.29 is 17.9 Å². The number of nitrogens with zero attached hydrogens (tertiary/aromatic N) is 2. The quantitative estimate of drug-likeness (QED) is 0.653. The van der Waals surface area contributed by atoms with Gasteiger partial charge in [0.25, 0.3) is 5.91 Å².